The molecule has 1 aromatic heterocycles. The molecule has 0 saturated carbocycles. The first kappa shape index (κ1) is 15.8. The van der Waals surface area contributed by atoms with E-state index in [-0.39, 0.29) is 23.7 Å². The van der Waals surface area contributed by atoms with Gasteiger partial charge in [-0.25, -0.2) is 9.97 Å². The number of alkyl halides is 3. The predicted molar refractivity (Wildman–Crippen MR) is 72.4 cm³/mol. The average Bonchev–Trinajstić information content (AvgIpc) is 2.45. The van der Waals surface area contributed by atoms with Gasteiger partial charge in [0.1, 0.15) is 0 Å². The highest BCUT2D eigenvalue weighted by atomic mass is 19.4. The molecule has 1 aliphatic heterocycles. The van der Waals surface area contributed by atoms with E-state index in [9.17, 15) is 13.2 Å². The third kappa shape index (κ3) is 3.37. The first-order valence-electron chi connectivity index (χ1n) is 6.80. The lowest BCUT2D eigenvalue weighted by Crippen LogP contribution is -2.54. The molecule has 1 atom stereocenters. The van der Waals surface area contributed by atoms with E-state index < -0.39 is 11.9 Å². The van der Waals surface area contributed by atoms with E-state index >= 15 is 0 Å². The minimum atomic E-state index is -4.57. The Morgan fingerprint density at radius 1 is 1.43 bits per heavy atom. The van der Waals surface area contributed by atoms with Gasteiger partial charge in [-0.05, 0) is 5.92 Å². The Morgan fingerprint density at radius 2 is 2.14 bits per heavy atom. The Hall–Kier alpha value is -1.57. The smallest absolute Gasteiger partial charge is 0.437 e. The first-order chi connectivity index (χ1) is 9.84. The van der Waals surface area contributed by atoms with Gasteiger partial charge in [0.15, 0.2) is 11.4 Å². The van der Waals surface area contributed by atoms with Crippen molar-refractivity contribution >= 4 is 5.95 Å². The predicted octanol–water partition coefficient (Wildman–Crippen LogP) is 1.94. The molecule has 0 aliphatic carbocycles. The highest BCUT2D eigenvalue weighted by Crippen LogP contribution is 2.35. The lowest BCUT2D eigenvalue weighted by molar-refractivity contribution is -0.142. The molecule has 1 aromatic rings. The van der Waals surface area contributed by atoms with Crippen LogP contribution in [0.25, 0.3) is 0 Å². The van der Waals surface area contributed by atoms with E-state index in [0.717, 1.165) is 6.20 Å². The fraction of sp³-hybridized carbons (Fsp3) is 0.692. The molecular weight excluding hydrogens is 285 g/mol. The van der Waals surface area contributed by atoms with E-state index in [1.807, 2.05) is 18.7 Å². The zero-order valence-electron chi connectivity index (χ0n) is 12.2. The number of rotatable bonds is 3. The van der Waals surface area contributed by atoms with Crippen LogP contribution in [0.5, 0.6) is 5.75 Å². The Balaban J connectivity index is 2.39. The summed E-state index contributed by atoms with van der Waals surface area (Å²) in [5.41, 5.74) is -1.03. The number of piperazine rings is 1. The molecule has 8 heteroatoms. The largest absolute Gasteiger partial charge is 0.493 e. The van der Waals surface area contributed by atoms with Gasteiger partial charge in [0.05, 0.1) is 13.3 Å². The minimum absolute atomic E-state index is 0.0632. The molecule has 1 N–H and O–H groups in total. The second kappa shape index (κ2) is 6.05. The molecular formula is C13H19F3N4O. The van der Waals surface area contributed by atoms with Crippen molar-refractivity contribution in [2.45, 2.75) is 26.1 Å². The quantitative estimate of drug-likeness (QED) is 0.925. The Morgan fingerprint density at radius 3 is 2.71 bits per heavy atom. The van der Waals surface area contributed by atoms with Gasteiger partial charge in [-0.15, -0.1) is 0 Å². The van der Waals surface area contributed by atoms with Crippen LogP contribution in [0, 0.1) is 5.92 Å². The molecule has 0 bridgehead atoms. The second-order valence-corrected chi connectivity index (χ2v) is 5.29. The van der Waals surface area contributed by atoms with Crippen molar-refractivity contribution in [1.82, 2.24) is 15.3 Å². The van der Waals surface area contributed by atoms with Gasteiger partial charge >= 0.3 is 6.18 Å². The van der Waals surface area contributed by atoms with Gasteiger partial charge in [0, 0.05) is 25.7 Å². The van der Waals surface area contributed by atoms with Crippen molar-refractivity contribution in [3.05, 3.63) is 11.9 Å². The van der Waals surface area contributed by atoms with Crippen LogP contribution in [0.1, 0.15) is 19.5 Å². The molecule has 0 spiro atoms. The van der Waals surface area contributed by atoms with Gasteiger partial charge in [-0.1, -0.05) is 13.8 Å². The van der Waals surface area contributed by atoms with Crippen LogP contribution in [0.3, 0.4) is 0 Å². The summed E-state index contributed by atoms with van der Waals surface area (Å²) in [5, 5.41) is 3.24. The maximum absolute atomic E-state index is 13.0. The van der Waals surface area contributed by atoms with E-state index in [2.05, 4.69) is 15.3 Å². The maximum atomic E-state index is 13.0. The summed E-state index contributed by atoms with van der Waals surface area (Å²) in [4.78, 5) is 9.58. The zero-order chi connectivity index (χ0) is 15.6. The number of halogens is 3. The summed E-state index contributed by atoms with van der Waals surface area (Å²) >= 11 is 0. The van der Waals surface area contributed by atoms with E-state index in [1.165, 1.54) is 7.11 Å². The molecule has 1 saturated heterocycles. The highest BCUT2D eigenvalue weighted by Gasteiger charge is 2.38. The topological polar surface area (TPSA) is 50.3 Å². The van der Waals surface area contributed by atoms with Crippen LogP contribution in [-0.2, 0) is 6.18 Å². The summed E-state index contributed by atoms with van der Waals surface area (Å²) in [6.45, 7) is 6.03. The number of anilines is 1. The van der Waals surface area contributed by atoms with Crippen molar-refractivity contribution in [2.75, 3.05) is 31.6 Å². The number of aromatic nitrogens is 2. The van der Waals surface area contributed by atoms with Crippen molar-refractivity contribution in [3.63, 3.8) is 0 Å². The van der Waals surface area contributed by atoms with Crippen molar-refractivity contribution in [3.8, 4) is 5.75 Å². The fourth-order valence-electron chi connectivity index (χ4n) is 2.42. The molecule has 21 heavy (non-hydrogen) atoms. The molecule has 2 rings (SSSR count). The molecule has 0 amide bonds. The Kier molecular flexibility index (Phi) is 4.55. The third-order valence-electron chi connectivity index (χ3n) is 3.54. The monoisotopic (exact) mass is 304 g/mol. The lowest BCUT2D eigenvalue weighted by atomic mass is 10.0. The number of methoxy groups -OCH3 is 1. The molecule has 1 aliphatic rings. The zero-order valence-corrected chi connectivity index (χ0v) is 12.2. The summed E-state index contributed by atoms with van der Waals surface area (Å²) in [5.74, 6) is 0.0173. The third-order valence-corrected chi connectivity index (χ3v) is 3.54. The number of nitrogens with one attached hydrogen (secondary N) is 1. The second-order valence-electron chi connectivity index (χ2n) is 5.29. The molecule has 0 aromatic carbocycles. The molecule has 1 fully saturated rings. The highest BCUT2D eigenvalue weighted by molar-refractivity contribution is 5.39. The fourth-order valence-corrected chi connectivity index (χ4v) is 2.42. The van der Waals surface area contributed by atoms with Crippen LogP contribution < -0.4 is 15.0 Å². The Labute approximate surface area is 121 Å². The SMILES string of the molecule is COc1cnc(N2CCNCC2C(C)C)nc1C(F)(F)F. The van der Waals surface area contributed by atoms with Gasteiger partial charge in [0.2, 0.25) is 5.95 Å². The molecule has 0 radical (unpaired) electrons. The van der Waals surface area contributed by atoms with E-state index in [1.54, 1.807) is 0 Å². The molecule has 118 valence electrons. The van der Waals surface area contributed by atoms with Crippen LogP contribution in [-0.4, -0.2) is 42.8 Å². The van der Waals surface area contributed by atoms with Crippen molar-refractivity contribution in [1.29, 1.82) is 0 Å². The van der Waals surface area contributed by atoms with Gasteiger partial charge < -0.3 is 15.0 Å². The Bertz CT molecular complexity index is 493. The number of ether oxygens (including phenoxy) is 1. The summed E-state index contributed by atoms with van der Waals surface area (Å²) in [6.07, 6.45) is -3.48. The molecule has 1 unspecified atom stereocenters. The first-order valence-corrected chi connectivity index (χ1v) is 6.80. The maximum Gasteiger partial charge on any atom is 0.437 e. The van der Waals surface area contributed by atoms with Crippen molar-refractivity contribution < 1.29 is 17.9 Å². The lowest BCUT2D eigenvalue weighted by Gasteiger charge is -2.38. The number of hydrogen-bond acceptors (Lipinski definition) is 5. The number of nitrogens with zero attached hydrogens (tertiary/aromatic N) is 3. The van der Waals surface area contributed by atoms with E-state index in [0.29, 0.717) is 19.6 Å². The van der Waals surface area contributed by atoms with Gasteiger partial charge in [0.25, 0.3) is 0 Å². The summed E-state index contributed by atoms with van der Waals surface area (Å²) in [7, 11) is 1.18. The van der Waals surface area contributed by atoms with Crippen LogP contribution in [0.15, 0.2) is 6.20 Å². The normalized spacial score (nSPS) is 20.0. The van der Waals surface area contributed by atoms with Gasteiger partial charge in [-0.3, -0.25) is 0 Å². The van der Waals surface area contributed by atoms with Crippen molar-refractivity contribution in [2.24, 2.45) is 5.92 Å². The summed E-state index contributed by atoms with van der Waals surface area (Å²) < 4.78 is 43.8. The van der Waals surface area contributed by atoms with Crippen LogP contribution in [0.2, 0.25) is 0 Å². The minimum Gasteiger partial charge on any atom is -0.493 e. The van der Waals surface area contributed by atoms with Gasteiger partial charge in [-0.2, -0.15) is 13.2 Å². The summed E-state index contributed by atoms with van der Waals surface area (Å²) in [6, 6.07) is 0.0632. The standard InChI is InChI=1S/C13H19F3N4O/c1-8(2)9-6-17-4-5-20(9)12-18-7-10(21-3)11(19-12)13(14,15)16/h7-9,17H,4-6H2,1-3H3. The van der Waals surface area contributed by atoms with Crippen LogP contribution in [0.4, 0.5) is 19.1 Å². The van der Waals surface area contributed by atoms with E-state index in [4.69, 9.17) is 4.74 Å². The molecule has 2 heterocycles. The molecule has 5 nitrogen and oxygen atoms in total. The number of hydrogen-bond donors (Lipinski definition) is 1. The average molecular weight is 304 g/mol. The van der Waals surface area contributed by atoms with Crippen LogP contribution >= 0.6 is 0 Å².